The molecule has 0 saturated carbocycles. The van der Waals surface area contributed by atoms with E-state index in [-0.39, 0.29) is 0 Å². The predicted molar refractivity (Wildman–Crippen MR) is 74.4 cm³/mol. The number of aromatic nitrogens is 4. The van der Waals surface area contributed by atoms with Crippen LogP contribution in [0.4, 0.5) is 0 Å². The van der Waals surface area contributed by atoms with Crippen LogP contribution in [0, 0.1) is 0 Å². The standard InChI is InChI=1S/C12H9BrN4S/c13-10-5-3-9(4-6-10)8-17-15-12(14-16-17)11-2-1-7-18-11/h1-7H,8H2. The molecule has 0 N–H and O–H groups in total. The van der Waals surface area contributed by atoms with Crippen LogP contribution in [0.2, 0.25) is 0 Å². The van der Waals surface area contributed by atoms with Crippen molar-refractivity contribution in [3.05, 3.63) is 51.8 Å². The van der Waals surface area contributed by atoms with Crippen LogP contribution in [0.25, 0.3) is 10.7 Å². The maximum absolute atomic E-state index is 4.36. The molecular weight excluding hydrogens is 312 g/mol. The maximum atomic E-state index is 4.36. The number of hydrogen-bond donors (Lipinski definition) is 0. The van der Waals surface area contributed by atoms with Gasteiger partial charge in [0.2, 0.25) is 5.82 Å². The Morgan fingerprint density at radius 3 is 2.72 bits per heavy atom. The zero-order valence-corrected chi connectivity index (χ0v) is 11.7. The van der Waals surface area contributed by atoms with Crippen LogP contribution in [0.5, 0.6) is 0 Å². The fraction of sp³-hybridized carbons (Fsp3) is 0.0833. The first-order valence-corrected chi connectivity index (χ1v) is 7.05. The lowest BCUT2D eigenvalue weighted by Gasteiger charge is -1.99. The molecule has 0 atom stereocenters. The van der Waals surface area contributed by atoms with Gasteiger partial charge < -0.3 is 0 Å². The molecule has 0 radical (unpaired) electrons. The van der Waals surface area contributed by atoms with Gasteiger partial charge in [-0.05, 0) is 34.4 Å². The number of rotatable bonds is 3. The fourth-order valence-corrected chi connectivity index (χ4v) is 2.48. The predicted octanol–water partition coefficient (Wildman–Crippen LogP) is 3.21. The molecule has 0 fully saturated rings. The van der Waals surface area contributed by atoms with Gasteiger partial charge in [-0.15, -0.1) is 21.5 Å². The highest BCUT2D eigenvalue weighted by Gasteiger charge is 2.06. The molecule has 3 rings (SSSR count). The van der Waals surface area contributed by atoms with Gasteiger partial charge in [-0.1, -0.05) is 34.1 Å². The van der Waals surface area contributed by atoms with E-state index < -0.39 is 0 Å². The zero-order valence-electron chi connectivity index (χ0n) is 9.32. The maximum Gasteiger partial charge on any atom is 0.214 e. The van der Waals surface area contributed by atoms with Gasteiger partial charge in [0.25, 0.3) is 0 Å². The minimum absolute atomic E-state index is 0.631. The van der Waals surface area contributed by atoms with Crippen LogP contribution < -0.4 is 0 Å². The monoisotopic (exact) mass is 320 g/mol. The SMILES string of the molecule is Brc1ccc(Cn2nnc(-c3cccs3)n2)cc1. The van der Waals surface area contributed by atoms with Crippen LogP contribution in [0.3, 0.4) is 0 Å². The quantitative estimate of drug-likeness (QED) is 0.744. The molecule has 0 aliphatic heterocycles. The summed E-state index contributed by atoms with van der Waals surface area (Å²) in [6.07, 6.45) is 0. The van der Waals surface area contributed by atoms with Crippen molar-refractivity contribution in [3.63, 3.8) is 0 Å². The lowest BCUT2D eigenvalue weighted by molar-refractivity contribution is 0.573. The summed E-state index contributed by atoms with van der Waals surface area (Å²) >= 11 is 5.03. The second-order valence-corrected chi connectivity index (χ2v) is 5.61. The lowest BCUT2D eigenvalue weighted by Crippen LogP contribution is -2.03. The van der Waals surface area contributed by atoms with Gasteiger partial charge in [-0.25, -0.2) is 0 Å². The van der Waals surface area contributed by atoms with Crippen LogP contribution >= 0.6 is 27.3 Å². The van der Waals surface area contributed by atoms with E-state index in [2.05, 4.69) is 31.3 Å². The molecule has 0 unspecified atom stereocenters. The van der Waals surface area contributed by atoms with Gasteiger partial charge in [0.15, 0.2) is 0 Å². The highest BCUT2D eigenvalue weighted by molar-refractivity contribution is 9.10. The van der Waals surface area contributed by atoms with E-state index in [4.69, 9.17) is 0 Å². The Hall–Kier alpha value is -1.53. The molecule has 0 amide bonds. The second kappa shape index (κ2) is 4.99. The first-order chi connectivity index (χ1) is 8.81. The van der Waals surface area contributed by atoms with E-state index in [0.717, 1.165) is 14.9 Å². The van der Waals surface area contributed by atoms with Crippen LogP contribution in [0.1, 0.15) is 5.56 Å². The summed E-state index contributed by atoms with van der Waals surface area (Å²) in [4.78, 5) is 2.65. The van der Waals surface area contributed by atoms with Crippen molar-refractivity contribution < 1.29 is 0 Å². The van der Waals surface area contributed by atoms with Crippen molar-refractivity contribution in [1.29, 1.82) is 0 Å². The number of benzene rings is 1. The van der Waals surface area contributed by atoms with Crippen molar-refractivity contribution in [2.45, 2.75) is 6.54 Å². The molecule has 0 spiro atoms. The largest absolute Gasteiger partial charge is 0.214 e. The summed E-state index contributed by atoms with van der Waals surface area (Å²) in [5.74, 6) is 0.683. The normalized spacial score (nSPS) is 10.7. The van der Waals surface area contributed by atoms with E-state index in [1.165, 1.54) is 0 Å². The Morgan fingerprint density at radius 1 is 1.17 bits per heavy atom. The third kappa shape index (κ3) is 2.49. The van der Waals surface area contributed by atoms with Gasteiger partial charge >= 0.3 is 0 Å². The van der Waals surface area contributed by atoms with E-state index >= 15 is 0 Å². The summed E-state index contributed by atoms with van der Waals surface area (Å²) in [6, 6.07) is 12.1. The van der Waals surface area contributed by atoms with Gasteiger partial charge in [0, 0.05) is 4.47 Å². The topological polar surface area (TPSA) is 43.6 Å². The highest BCUT2D eigenvalue weighted by Crippen LogP contribution is 2.19. The van der Waals surface area contributed by atoms with Gasteiger partial charge in [-0.3, -0.25) is 0 Å². The Labute approximate surface area is 116 Å². The Bertz CT molecular complexity index is 630. The van der Waals surface area contributed by atoms with Crippen molar-refractivity contribution in [2.75, 3.05) is 0 Å². The van der Waals surface area contributed by atoms with Crippen LogP contribution in [-0.2, 0) is 6.54 Å². The van der Waals surface area contributed by atoms with E-state index in [0.29, 0.717) is 12.4 Å². The van der Waals surface area contributed by atoms with Gasteiger partial charge in [0.05, 0.1) is 11.4 Å². The number of halogens is 1. The van der Waals surface area contributed by atoms with Gasteiger partial charge in [-0.2, -0.15) is 4.80 Å². The lowest BCUT2D eigenvalue weighted by atomic mass is 10.2. The summed E-state index contributed by atoms with van der Waals surface area (Å²) in [5, 5.41) is 14.5. The molecule has 4 nitrogen and oxygen atoms in total. The smallest absolute Gasteiger partial charge is 0.159 e. The van der Waals surface area contributed by atoms with Crippen molar-refractivity contribution in [1.82, 2.24) is 20.2 Å². The van der Waals surface area contributed by atoms with Crippen molar-refractivity contribution in [2.24, 2.45) is 0 Å². The molecular formula is C12H9BrN4S. The van der Waals surface area contributed by atoms with E-state index in [1.807, 2.05) is 41.8 Å². The minimum atomic E-state index is 0.631. The molecule has 0 aliphatic rings. The molecule has 0 saturated heterocycles. The van der Waals surface area contributed by atoms with Crippen molar-refractivity contribution >= 4 is 27.3 Å². The average molecular weight is 321 g/mol. The van der Waals surface area contributed by atoms with Crippen LogP contribution in [-0.4, -0.2) is 20.2 Å². The average Bonchev–Trinajstić information content (AvgIpc) is 3.02. The molecule has 90 valence electrons. The van der Waals surface area contributed by atoms with E-state index in [1.54, 1.807) is 16.1 Å². The first kappa shape index (κ1) is 11.6. The van der Waals surface area contributed by atoms with Gasteiger partial charge in [0.1, 0.15) is 0 Å². The molecule has 1 aromatic carbocycles. The summed E-state index contributed by atoms with van der Waals surface area (Å²) in [6.45, 7) is 0.631. The molecule has 2 aromatic heterocycles. The Kier molecular flexibility index (Phi) is 3.21. The third-order valence-corrected chi connectivity index (χ3v) is 3.83. The number of tetrazole rings is 1. The second-order valence-electron chi connectivity index (χ2n) is 3.75. The Morgan fingerprint density at radius 2 is 2.00 bits per heavy atom. The summed E-state index contributed by atoms with van der Waals surface area (Å²) in [5.41, 5.74) is 1.15. The summed E-state index contributed by atoms with van der Waals surface area (Å²) < 4.78 is 1.07. The molecule has 18 heavy (non-hydrogen) atoms. The first-order valence-electron chi connectivity index (χ1n) is 5.37. The van der Waals surface area contributed by atoms with Crippen molar-refractivity contribution in [3.8, 4) is 10.7 Å². The highest BCUT2D eigenvalue weighted by atomic mass is 79.9. The van der Waals surface area contributed by atoms with E-state index in [9.17, 15) is 0 Å². The number of thiophene rings is 1. The molecule has 3 aromatic rings. The summed E-state index contributed by atoms with van der Waals surface area (Å²) in [7, 11) is 0. The molecule has 2 heterocycles. The molecule has 0 bridgehead atoms. The third-order valence-electron chi connectivity index (χ3n) is 2.43. The molecule has 0 aliphatic carbocycles. The minimum Gasteiger partial charge on any atom is -0.159 e. The van der Waals surface area contributed by atoms with Crippen LogP contribution in [0.15, 0.2) is 46.3 Å². The number of hydrogen-bond acceptors (Lipinski definition) is 4. The fourth-order valence-electron chi connectivity index (χ4n) is 1.57. The molecule has 6 heteroatoms. The number of nitrogens with zero attached hydrogens (tertiary/aromatic N) is 4. The zero-order chi connectivity index (χ0) is 12.4. The Balaban J connectivity index is 1.80.